The summed E-state index contributed by atoms with van der Waals surface area (Å²) in [7, 11) is 0. The first-order chi connectivity index (χ1) is 18.8. The number of anilines is 1. The van der Waals surface area contributed by atoms with Crippen LogP contribution >= 0.6 is 11.3 Å². The van der Waals surface area contributed by atoms with Crippen molar-refractivity contribution in [2.75, 3.05) is 31.1 Å². The molecule has 1 saturated heterocycles. The summed E-state index contributed by atoms with van der Waals surface area (Å²) >= 11 is 1.56. The minimum Gasteiger partial charge on any atom is -0.352 e. The number of halogens is 6. The molecule has 210 valence electrons. The van der Waals surface area contributed by atoms with Crippen molar-refractivity contribution in [1.82, 2.24) is 14.9 Å². The molecule has 40 heavy (non-hydrogen) atoms. The molecule has 5 rings (SSSR count). The fraction of sp³-hybridized carbons (Fsp3) is 0.321. The van der Waals surface area contributed by atoms with Crippen LogP contribution in [0.25, 0.3) is 10.2 Å². The molecular formula is C28H24F6N4OS. The monoisotopic (exact) mass is 578 g/mol. The lowest BCUT2D eigenvalue weighted by Gasteiger charge is -2.36. The molecule has 1 fully saturated rings. The smallest absolute Gasteiger partial charge is 0.352 e. The average Bonchev–Trinajstić information content (AvgIpc) is 3.20. The maximum Gasteiger partial charge on any atom is 0.416 e. The molecule has 0 N–H and O–H groups in total. The van der Waals surface area contributed by atoms with E-state index in [4.69, 9.17) is 9.97 Å². The van der Waals surface area contributed by atoms with Gasteiger partial charge in [0.2, 0.25) is 0 Å². The van der Waals surface area contributed by atoms with Crippen molar-refractivity contribution in [1.29, 1.82) is 0 Å². The van der Waals surface area contributed by atoms with Crippen molar-refractivity contribution in [3.8, 4) is 0 Å². The zero-order valence-corrected chi connectivity index (χ0v) is 22.3. The molecule has 0 saturated carbocycles. The third-order valence-corrected chi connectivity index (χ3v) is 8.06. The van der Waals surface area contributed by atoms with Crippen LogP contribution in [-0.2, 0) is 18.8 Å². The summed E-state index contributed by atoms with van der Waals surface area (Å²) in [5.41, 5.74) is -1.57. The number of hydrogen-bond donors (Lipinski definition) is 0. The van der Waals surface area contributed by atoms with Crippen LogP contribution in [0, 0.1) is 13.8 Å². The molecule has 12 heteroatoms. The second-order valence-corrected chi connectivity index (χ2v) is 10.9. The molecule has 0 unspecified atom stereocenters. The molecule has 1 amide bonds. The van der Waals surface area contributed by atoms with Crippen LogP contribution in [-0.4, -0.2) is 47.0 Å². The third kappa shape index (κ3) is 5.63. The second-order valence-electron chi connectivity index (χ2n) is 9.66. The first kappa shape index (κ1) is 27.9. The van der Waals surface area contributed by atoms with Crippen molar-refractivity contribution in [2.45, 2.75) is 32.6 Å². The lowest BCUT2D eigenvalue weighted by Crippen LogP contribution is -2.49. The lowest BCUT2D eigenvalue weighted by atomic mass is 10.0. The Morgan fingerprint density at radius 3 is 2.05 bits per heavy atom. The summed E-state index contributed by atoms with van der Waals surface area (Å²) < 4.78 is 79.8. The molecule has 5 nitrogen and oxygen atoms in total. The number of piperazine rings is 1. The maximum atomic E-state index is 13.3. The van der Waals surface area contributed by atoms with Crippen LogP contribution in [0.4, 0.5) is 32.2 Å². The zero-order chi connectivity index (χ0) is 28.8. The Hall–Kier alpha value is -3.67. The van der Waals surface area contributed by atoms with Gasteiger partial charge in [-0.05, 0) is 43.2 Å². The van der Waals surface area contributed by atoms with Gasteiger partial charge in [-0.15, -0.1) is 11.3 Å². The Bertz CT molecular complexity index is 1530. The van der Waals surface area contributed by atoms with Crippen LogP contribution < -0.4 is 4.90 Å². The number of hydrogen-bond acceptors (Lipinski definition) is 5. The largest absolute Gasteiger partial charge is 0.416 e. The third-order valence-electron chi connectivity index (χ3n) is 6.96. The van der Waals surface area contributed by atoms with E-state index in [9.17, 15) is 31.1 Å². The molecule has 3 heterocycles. The van der Waals surface area contributed by atoms with Gasteiger partial charge in [-0.25, -0.2) is 9.97 Å². The number of rotatable bonds is 4. The van der Waals surface area contributed by atoms with E-state index in [0.717, 1.165) is 26.2 Å². The van der Waals surface area contributed by atoms with Gasteiger partial charge in [0.05, 0.1) is 16.5 Å². The standard InChI is InChI=1S/C28H24F6N4OS/c1-16-17(2)40-25-23(16)24(35-22(36-25)12-18-6-4-3-5-7-18)37-8-10-38(11-9-37)26(39)19-13-20(27(29,30)31)15-21(14-19)28(32,33)34/h3-7,13-15H,8-12H2,1-2H3. The number of fused-ring (bicyclic) bond motifs is 1. The van der Waals surface area contributed by atoms with E-state index in [1.165, 1.54) is 4.90 Å². The Morgan fingerprint density at radius 1 is 0.875 bits per heavy atom. The molecule has 2 aromatic heterocycles. The van der Waals surface area contributed by atoms with Gasteiger partial charge in [0, 0.05) is 43.0 Å². The van der Waals surface area contributed by atoms with Crippen molar-refractivity contribution in [3.05, 3.63) is 87.0 Å². The van der Waals surface area contributed by atoms with Crippen molar-refractivity contribution >= 4 is 33.3 Å². The molecule has 0 atom stereocenters. The SMILES string of the molecule is Cc1sc2nc(Cc3ccccc3)nc(N3CCN(C(=O)c4cc(C(F)(F)F)cc(C(F)(F)F)c4)CC3)c2c1C. The van der Waals surface area contributed by atoms with Crippen LogP contribution in [0.5, 0.6) is 0 Å². The minimum atomic E-state index is -5.03. The Kier molecular flexibility index (Phi) is 7.24. The fourth-order valence-electron chi connectivity index (χ4n) is 4.74. The Labute approximate surface area is 230 Å². The molecule has 1 aliphatic rings. The van der Waals surface area contributed by atoms with Crippen LogP contribution in [0.15, 0.2) is 48.5 Å². The number of amides is 1. The van der Waals surface area contributed by atoms with Crippen LogP contribution in [0.2, 0.25) is 0 Å². The summed E-state index contributed by atoms with van der Waals surface area (Å²) in [6.45, 7) is 4.83. The van der Waals surface area contributed by atoms with Crippen LogP contribution in [0.1, 0.15) is 43.3 Å². The molecule has 0 spiro atoms. The Balaban J connectivity index is 1.41. The minimum absolute atomic E-state index is 0.0211. The number of carbonyl (C=O) groups is 1. The Morgan fingerprint density at radius 2 is 1.48 bits per heavy atom. The topological polar surface area (TPSA) is 49.3 Å². The van der Waals surface area contributed by atoms with Gasteiger partial charge in [-0.1, -0.05) is 30.3 Å². The highest BCUT2D eigenvalue weighted by molar-refractivity contribution is 7.18. The number of benzene rings is 2. The molecule has 1 aliphatic heterocycles. The van der Waals surface area contributed by atoms with Gasteiger partial charge >= 0.3 is 12.4 Å². The molecule has 0 aliphatic carbocycles. The van der Waals surface area contributed by atoms with E-state index in [-0.39, 0.29) is 19.2 Å². The number of aryl methyl sites for hydroxylation is 2. The van der Waals surface area contributed by atoms with Gasteiger partial charge < -0.3 is 9.80 Å². The predicted molar refractivity (Wildman–Crippen MR) is 141 cm³/mol. The number of nitrogens with zero attached hydrogens (tertiary/aromatic N) is 4. The lowest BCUT2D eigenvalue weighted by molar-refractivity contribution is -0.143. The van der Waals surface area contributed by atoms with Crippen molar-refractivity contribution in [3.63, 3.8) is 0 Å². The van der Waals surface area contributed by atoms with Gasteiger partial charge in [-0.2, -0.15) is 26.3 Å². The molecular weight excluding hydrogens is 554 g/mol. The summed E-state index contributed by atoms with van der Waals surface area (Å²) in [6.07, 6.45) is -9.53. The highest BCUT2D eigenvalue weighted by atomic mass is 32.1. The van der Waals surface area contributed by atoms with E-state index in [0.29, 0.717) is 43.3 Å². The summed E-state index contributed by atoms with van der Waals surface area (Å²) in [4.78, 5) is 27.9. The molecule has 0 radical (unpaired) electrons. The maximum absolute atomic E-state index is 13.3. The van der Waals surface area contributed by atoms with Gasteiger partial charge in [0.1, 0.15) is 16.5 Å². The molecule has 2 aromatic carbocycles. The summed E-state index contributed by atoms with van der Waals surface area (Å²) in [5.74, 6) is 0.469. The van der Waals surface area contributed by atoms with Gasteiger partial charge in [0.25, 0.3) is 5.91 Å². The highest BCUT2D eigenvalue weighted by Crippen LogP contribution is 2.38. The summed E-state index contributed by atoms with van der Waals surface area (Å²) in [6, 6.07) is 10.7. The van der Waals surface area contributed by atoms with E-state index < -0.39 is 35.0 Å². The van der Waals surface area contributed by atoms with Crippen molar-refractivity contribution < 1.29 is 31.1 Å². The van der Waals surface area contributed by atoms with Crippen molar-refractivity contribution in [2.24, 2.45) is 0 Å². The quantitative estimate of drug-likeness (QED) is 0.247. The van der Waals surface area contributed by atoms with Gasteiger partial charge in [-0.3, -0.25) is 4.79 Å². The number of alkyl halides is 6. The predicted octanol–water partition coefficient (Wildman–Crippen LogP) is 6.90. The molecule has 4 aromatic rings. The van der Waals surface area contributed by atoms with E-state index in [1.54, 1.807) is 11.3 Å². The number of aromatic nitrogens is 2. The first-order valence-electron chi connectivity index (χ1n) is 12.5. The van der Waals surface area contributed by atoms with E-state index >= 15 is 0 Å². The number of thiophene rings is 1. The zero-order valence-electron chi connectivity index (χ0n) is 21.5. The summed E-state index contributed by atoms with van der Waals surface area (Å²) in [5, 5.41) is 0.909. The second kappa shape index (κ2) is 10.4. The van der Waals surface area contributed by atoms with E-state index in [1.807, 2.05) is 49.1 Å². The molecule has 0 bridgehead atoms. The normalized spacial score (nSPS) is 14.7. The first-order valence-corrected chi connectivity index (χ1v) is 13.3. The average molecular weight is 579 g/mol. The van der Waals surface area contributed by atoms with E-state index in [2.05, 4.69) is 0 Å². The fourth-order valence-corrected chi connectivity index (χ4v) is 5.78. The number of carbonyl (C=O) groups excluding carboxylic acids is 1. The van der Waals surface area contributed by atoms with Gasteiger partial charge in [0.15, 0.2) is 0 Å². The highest BCUT2D eigenvalue weighted by Gasteiger charge is 2.38. The van der Waals surface area contributed by atoms with Crippen LogP contribution in [0.3, 0.4) is 0 Å².